The maximum atomic E-state index is 13.0. The first-order valence-electron chi connectivity index (χ1n) is 9.20. The van der Waals surface area contributed by atoms with E-state index < -0.39 is 0 Å². The van der Waals surface area contributed by atoms with E-state index in [1.165, 1.54) is 24.3 Å². The molecule has 0 radical (unpaired) electrons. The molecule has 1 aromatic heterocycles. The smallest absolute Gasteiger partial charge is 0.247 e. The maximum Gasteiger partial charge on any atom is 0.247 e. The van der Waals surface area contributed by atoms with E-state index >= 15 is 0 Å². The summed E-state index contributed by atoms with van der Waals surface area (Å²) in [5.41, 5.74) is 1.47. The molecule has 2 aromatic carbocycles. The number of benzene rings is 2. The molecule has 0 unspecified atom stereocenters. The van der Waals surface area contributed by atoms with Gasteiger partial charge < -0.3 is 9.32 Å². The number of carbonyl (C=O) groups is 1. The van der Waals surface area contributed by atoms with Gasteiger partial charge in [0.15, 0.2) is 0 Å². The lowest BCUT2D eigenvalue weighted by Gasteiger charge is -2.30. The SMILES string of the molecule is O=C(Cc1ccc(F)cc1)N1CCC(c2nnc(-c3ccc(F)cc3)o2)CC1. The van der Waals surface area contributed by atoms with E-state index in [4.69, 9.17) is 4.42 Å². The zero-order chi connectivity index (χ0) is 19.5. The van der Waals surface area contributed by atoms with Crippen molar-refractivity contribution in [1.29, 1.82) is 0 Å². The van der Waals surface area contributed by atoms with Crippen LogP contribution < -0.4 is 0 Å². The van der Waals surface area contributed by atoms with Crippen molar-refractivity contribution in [3.05, 3.63) is 71.6 Å². The lowest BCUT2D eigenvalue weighted by molar-refractivity contribution is -0.131. The third kappa shape index (κ3) is 4.08. The average Bonchev–Trinajstić information content (AvgIpc) is 3.20. The summed E-state index contributed by atoms with van der Waals surface area (Å²) in [6.45, 7) is 1.22. The molecule has 5 nitrogen and oxygen atoms in total. The number of hydrogen-bond donors (Lipinski definition) is 0. The summed E-state index contributed by atoms with van der Waals surface area (Å²) in [5.74, 6) is 0.409. The zero-order valence-corrected chi connectivity index (χ0v) is 15.1. The molecule has 1 amide bonds. The van der Waals surface area contributed by atoms with Gasteiger partial charge in [-0.2, -0.15) is 0 Å². The molecule has 1 aliphatic rings. The van der Waals surface area contributed by atoms with Gasteiger partial charge in [0.25, 0.3) is 0 Å². The second-order valence-electron chi connectivity index (χ2n) is 6.91. The minimum atomic E-state index is -0.318. The number of halogens is 2. The van der Waals surface area contributed by atoms with E-state index in [0.29, 0.717) is 30.4 Å². The molecule has 3 aromatic rings. The first-order valence-corrected chi connectivity index (χ1v) is 9.20. The quantitative estimate of drug-likeness (QED) is 0.684. The zero-order valence-electron chi connectivity index (χ0n) is 15.1. The Hall–Kier alpha value is -3.09. The number of nitrogens with zero attached hydrogens (tertiary/aromatic N) is 3. The van der Waals surface area contributed by atoms with Crippen LogP contribution in [0, 0.1) is 11.6 Å². The summed E-state index contributed by atoms with van der Waals surface area (Å²) in [4.78, 5) is 14.3. The van der Waals surface area contributed by atoms with E-state index in [1.807, 2.05) is 4.90 Å². The molecule has 1 aliphatic heterocycles. The van der Waals surface area contributed by atoms with Crippen molar-refractivity contribution >= 4 is 5.91 Å². The van der Waals surface area contributed by atoms with Gasteiger partial charge in [0.2, 0.25) is 17.7 Å². The molecule has 1 fully saturated rings. The Morgan fingerprint density at radius 2 is 1.57 bits per heavy atom. The number of rotatable bonds is 4. The van der Waals surface area contributed by atoms with Gasteiger partial charge in [0, 0.05) is 24.6 Å². The molecular formula is C21H19F2N3O2. The van der Waals surface area contributed by atoms with Crippen molar-refractivity contribution in [3.8, 4) is 11.5 Å². The van der Waals surface area contributed by atoms with E-state index in [-0.39, 0.29) is 29.9 Å². The lowest BCUT2D eigenvalue weighted by Crippen LogP contribution is -2.38. The molecule has 0 spiro atoms. The summed E-state index contributed by atoms with van der Waals surface area (Å²) in [6.07, 6.45) is 1.74. The molecule has 0 saturated carbocycles. The van der Waals surface area contributed by atoms with Crippen LogP contribution in [0.3, 0.4) is 0 Å². The Morgan fingerprint density at radius 1 is 0.964 bits per heavy atom. The van der Waals surface area contributed by atoms with Crippen LogP contribution in [-0.2, 0) is 11.2 Å². The standard InChI is InChI=1S/C21H19F2N3O2/c22-17-5-1-14(2-6-17)13-19(27)26-11-9-16(10-12-26)21-25-24-20(28-21)15-3-7-18(23)8-4-15/h1-8,16H,9-13H2. The molecule has 0 bridgehead atoms. The molecule has 2 heterocycles. The first-order chi connectivity index (χ1) is 13.6. The number of aromatic nitrogens is 2. The molecule has 28 heavy (non-hydrogen) atoms. The van der Waals surface area contributed by atoms with Crippen LogP contribution in [0.15, 0.2) is 52.9 Å². The number of likely N-dealkylation sites (tertiary alicyclic amines) is 1. The number of piperidine rings is 1. The minimum Gasteiger partial charge on any atom is -0.420 e. The Labute approximate surface area is 161 Å². The Kier molecular flexibility index (Phi) is 5.14. The number of amides is 1. The summed E-state index contributed by atoms with van der Waals surface area (Å²) in [5, 5.41) is 8.19. The van der Waals surface area contributed by atoms with Gasteiger partial charge in [0.1, 0.15) is 11.6 Å². The van der Waals surface area contributed by atoms with Crippen LogP contribution in [0.25, 0.3) is 11.5 Å². The summed E-state index contributed by atoms with van der Waals surface area (Å²) in [6, 6.07) is 11.9. The van der Waals surface area contributed by atoms with Gasteiger partial charge in [-0.25, -0.2) is 8.78 Å². The first kappa shape index (κ1) is 18.3. The predicted octanol–water partition coefficient (Wildman–Crippen LogP) is 3.96. The summed E-state index contributed by atoms with van der Waals surface area (Å²) in [7, 11) is 0. The van der Waals surface area contributed by atoms with Crippen molar-refractivity contribution in [2.24, 2.45) is 0 Å². The van der Waals surface area contributed by atoms with Gasteiger partial charge in [-0.1, -0.05) is 12.1 Å². The van der Waals surface area contributed by atoms with Crippen molar-refractivity contribution in [3.63, 3.8) is 0 Å². The Morgan fingerprint density at radius 3 is 2.21 bits per heavy atom. The molecule has 0 atom stereocenters. The molecule has 0 aliphatic carbocycles. The third-order valence-corrected chi connectivity index (χ3v) is 5.00. The van der Waals surface area contributed by atoms with Gasteiger partial charge in [-0.3, -0.25) is 4.79 Å². The Balaban J connectivity index is 1.34. The molecule has 7 heteroatoms. The van der Waals surface area contributed by atoms with Crippen LogP contribution >= 0.6 is 0 Å². The van der Waals surface area contributed by atoms with Gasteiger partial charge in [0.05, 0.1) is 6.42 Å². The van der Waals surface area contributed by atoms with Crippen LogP contribution in [0.1, 0.15) is 30.2 Å². The van der Waals surface area contributed by atoms with Crippen molar-refractivity contribution < 1.29 is 18.0 Å². The number of carbonyl (C=O) groups excluding carboxylic acids is 1. The lowest BCUT2D eigenvalue weighted by atomic mass is 9.96. The highest BCUT2D eigenvalue weighted by Crippen LogP contribution is 2.29. The monoisotopic (exact) mass is 383 g/mol. The van der Waals surface area contributed by atoms with Crippen LogP contribution in [0.4, 0.5) is 8.78 Å². The fraction of sp³-hybridized carbons (Fsp3) is 0.286. The van der Waals surface area contributed by atoms with E-state index in [0.717, 1.165) is 18.4 Å². The molecule has 0 N–H and O–H groups in total. The van der Waals surface area contributed by atoms with E-state index in [2.05, 4.69) is 10.2 Å². The van der Waals surface area contributed by atoms with Crippen molar-refractivity contribution in [2.75, 3.05) is 13.1 Å². The van der Waals surface area contributed by atoms with Crippen molar-refractivity contribution in [2.45, 2.75) is 25.2 Å². The number of hydrogen-bond acceptors (Lipinski definition) is 4. The van der Waals surface area contributed by atoms with Crippen molar-refractivity contribution in [1.82, 2.24) is 15.1 Å². The molecular weight excluding hydrogens is 364 g/mol. The van der Waals surface area contributed by atoms with Crippen LogP contribution in [0.2, 0.25) is 0 Å². The van der Waals surface area contributed by atoms with Gasteiger partial charge in [-0.05, 0) is 54.8 Å². The second-order valence-corrected chi connectivity index (χ2v) is 6.91. The van der Waals surface area contributed by atoms with Crippen LogP contribution in [0.5, 0.6) is 0 Å². The minimum absolute atomic E-state index is 0.0302. The Bertz CT molecular complexity index is 947. The largest absolute Gasteiger partial charge is 0.420 e. The summed E-state index contributed by atoms with van der Waals surface area (Å²) >= 11 is 0. The van der Waals surface area contributed by atoms with Gasteiger partial charge >= 0.3 is 0 Å². The second kappa shape index (κ2) is 7.88. The molecule has 4 rings (SSSR count). The van der Waals surface area contributed by atoms with Crippen LogP contribution in [-0.4, -0.2) is 34.1 Å². The predicted molar refractivity (Wildman–Crippen MR) is 98.4 cm³/mol. The highest BCUT2D eigenvalue weighted by Gasteiger charge is 2.27. The van der Waals surface area contributed by atoms with E-state index in [9.17, 15) is 13.6 Å². The third-order valence-electron chi connectivity index (χ3n) is 5.00. The fourth-order valence-electron chi connectivity index (χ4n) is 3.37. The van der Waals surface area contributed by atoms with E-state index in [1.54, 1.807) is 24.3 Å². The highest BCUT2D eigenvalue weighted by atomic mass is 19.1. The fourth-order valence-corrected chi connectivity index (χ4v) is 3.37. The molecule has 144 valence electrons. The maximum absolute atomic E-state index is 13.0. The molecule has 1 saturated heterocycles. The topological polar surface area (TPSA) is 59.2 Å². The normalized spacial score (nSPS) is 15.0. The average molecular weight is 383 g/mol. The van der Waals surface area contributed by atoms with Gasteiger partial charge in [-0.15, -0.1) is 10.2 Å². The summed E-state index contributed by atoms with van der Waals surface area (Å²) < 4.78 is 31.8. The highest BCUT2D eigenvalue weighted by molar-refractivity contribution is 5.78.